The minimum Gasteiger partial charge on any atom is -0.494 e. The number of benzene rings is 1. The number of ether oxygens (including phenoxy) is 2. The van der Waals surface area contributed by atoms with E-state index in [-0.39, 0.29) is 0 Å². The molecular weight excluding hydrogens is 264 g/mol. The Kier molecular flexibility index (Phi) is 6.03. The first-order chi connectivity index (χ1) is 10.3. The molecule has 112 valence electrons. The summed E-state index contributed by atoms with van der Waals surface area (Å²) in [6, 6.07) is 13.4. The molecule has 0 aliphatic carbocycles. The molecule has 4 heteroatoms. The highest BCUT2D eigenvalue weighted by Gasteiger charge is 2.02. The molecule has 1 N–H and O–H groups in total. The molecule has 2 aromatic rings. The monoisotopic (exact) mass is 286 g/mol. The predicted octanol–water partition coefficient (Wildman–Crippen LogP) is 3.77. The number of hydrogen-bond donors (Lipinski definition) is 1. The first-order valence-corrected chi connectivity index (χ1v) is 7.39. The number of nitrogens with one attached hydrogen (secondary N) is 1. The lowest BCUT2D eigenvalue weighted by Gasteiger charge is -2.09. The SMILES string of the molecule is CCCNCc1cccc(Oc2cccc(OCC)c2)n1. The van der Waals surface area contributed by atoms with Crippen LogP contribution in [0.1, 0.15) is 26.0 Å². The zero-order chi connectivity index (χ0) is 14.9. The summed E-state index contributed by atoms with van der Waals surface area (Å²) in [6.07, 6.45) is 1.11. The fourth-order valence-electron chi connectivity index (χ4n) is 1.92. The van der Waals surface area contributed by atoms with Crippen LogP contribution < -0.4 is 14.8 Å². The van der Waals surface area contributed by atoms with Gasteiger partial charge < -0.3 is 14.8 Å². The normalized spacial score (nSPS) is 10.4. The Morgan fingerprint density at radius 1 is 1.05 bits per heavy atom. The average molecular weight is 286 g/mol. The molecule has 0 radical (unpaired) electrons. The molecule has 0 amide bonds. The van der Waals surface area contributed by atoms with Crippen LogP contribution in [0.4, 0.5) is 0 Å². The largest absolute Gasteiger partial charge is 0.494 e. The number of aromatic nitrogens is 1. The van der Waals surface area contributed by atoms with Gasteiger partial charge in [-0.25, -0.2) is 4.98 Å². The summed E-state index contributed by atoms with van der Waals surface area (Å²) < 4.78 is 11.3. The standard InChI is InChI=1S/C17H22N2O2/c1-3-11-18-13-14-7-5-10-17(19-14)21-16-9-6-8-15(12-16)20-4-2/h5-10,12,18H,3-4,11,13H2,1-2H3. The highest BCUT2D eigenvalue weighted by Crippen LogP contribution is 2.24. The number of hydrogen-bond acceptors (Lipinski definition) is 4. The summed E-state index contributed by atoms with van der Waals surface area (Å²) >= 11 is 0. The third kappa shape index (κ3) is 5.08. The van der Waals surface area contributed by atoms with E-state index >= 15 is 0 Å². The molecule has 0 atom stereocenters. The Balaban J connectivity index is 2.01. The second-order valence-corrected chi connectivity index (χ2v) is 4.65. The average Bonchev–Trinajstić information content (AvgIpc) is 2.49. The maximum atomic E-state index is 5.79. The lowest BCUT2D eigenvalue weighted by atomic mass is 10.3. The molecule has 1 heterocycles. The van der Waals surface area contributed by atoms with Gasteiger partial charge in [0, 0.05) is 18.7 Å². The van der Waals surface area contributed by atoms with Gasteiger partial charge in [-0.05, 0) is 38.1 Å². The van der Waals surface area contributed by atoms with Crippen LogP contribution in [-0.4, -0.2) is 18.1 Å². The quantitative estimate of drug-likeness (QED) is 0.750. The molecule has 0 spiro atoms. The molecule has 4 nitrogen and oxygen atoms in total. The van der Waals surface area contributed by atoms with E-state index in [1.165, 1.54) is 0 Å². The van der Waals surface area contributed by atoms with Crippen molar-refractivity contribution in [2.24, 2.45) is 0 Å². The molecule has 0 fully saturated rings. The minimum atomic E-state index is 0.597. The summed E-state index contributed by atoms with van der Waals surface area (Å²) in [5.41, 5.74) is 0.974. The summed E-state index contributed by atoms with van der Waals surface area (Å²) in [5.74, 6) is 2.13. The van der Waals surface area contributed by atoms with Gasteiger partial charge in [-0.3, -0.25) is 0 Å². The van der Waals surface area contributed by atoms with Gasteiger partial charge in [-0.1, -0.05) is 19.1 Å². The zero-order valence-electron chi connectivity index (χ0n) is 12.6. The van der Waals surface area contributed by atoms with Crippen molar-refractivity contribution in [2.45, 2.75) is 26.8 Å². The second kappa shape index (κ2) is 8.27. The molecule has 1 aromatic heterocycles. The molecular formula is C17H22N2O2. The molecule has 0 aliphatic heterocycles. The lowest BCUT2D eigenvalue weighted by molar-refractivity contribution is 0.338. The van der Waals surface area contributed by atoms with Crippen LogP contribution in [-0.2, 0) is 6.54 Å². The van der Waals surface area contributed by atoms with Gasteiger partial charge in [0.15, 0.2) is 0 Å². The second-order valence-electron chi connectivity index (χ2n) is 4.65. The summed E-state index contributed by atoms with van der Waals surface area (Å²) in [5, 5.41) is 3.33. The van der Waals surface area contributed by atoms with Gasteiger partial charge in [0.1, 0.15) is 11.5 Å². The van der Waals surface area contributed by atoms with Crippen molar-refractivity contribution in [3.05, 3.63) is 48.2 Å². The van der Waals surface area contributed by atoms with Crippen molar-refractivity contribution in [1.29, 1.82) is 0 Å². The molecule has 0 aliphatic rings. The van der Waals surface area contributed by atoms with Crippen molar-refractivity contribution in [3.8, 4) is 17.4 Å². The predicted molar refractivity (Wildman–Crippen MR) is 83.9 cm³/mol. The van der Waals surface area contributed by atoms with Gasteiger partial charge in [-0.2, -0.15) is 0 Å². The zero-order valence-corrected chi connectivity index (χ0v) is 12.6. The number of rotatable bonds is 8. The third-order valence-electron chi connectivity index (χ3n) is 2.85. The fourth-order valence-corrected chi connectivity index (χ4v) is 1.92. The molecule has 0 saturated heterocycles. The van der Waals surface area contributed by atoms with Crippen LogP contribution in [0.2, 0.25) is 0 Å². The van der Waals surface area contributed by atoms with Crippen molar-refractivity contribution in [3.63, 3.8) is 0 Å². The van der Waals surface area contributed by atoms with E-state index < -0.39 is 0 Å². The highest BCUT2D eigenvalue weighted by atomic mass is 16.5. The van der Waals surface area contributed by atoms with Gasteiger partial charge in [0.05, 0.1) is 12.3 Å². The Morgan fingerprint density at radius 2 is 1.86 bits per heavy atom. The summed E-state index contributed by atoms with van der Waals surface area (Å²) in [7, 11) is 0. The highest BCUT2D eigenvalue weighted by molar-refractivity contribution is 5.35. The van der Waals surface area contributed by atoms with Crippen LogP contribution in [0.3, 0.4) is 0 Å². The van der Waals surface area contributed by atoms with Gasteiger partial charge in [0.25, 0.3) is 0 Å². The topological polar surface area (TPSA) is 43.4 Å². The van der Waals surface area contributed by atoms with E-state index in [2.05, 4.69) is 17.2 Å². The van der Waals surface area contributed by atoms with Crippen molar-refractivity contribution < 1.29 is 9.47 Å². The molecule has 0 unspecified atom stereocenters. The lowest BCUT2D eigenvalue weighted by Crippen LogP contribution is -2.14. The summed E-state index contributed by atoms with van der Waals surface area (Å²) in [6.45, 7) is 6.49. The van der Waals surface area contributed by atoms with Gasteiger partial charge in [0.2, 0.25) is 5.88 Å². The molecule has 0 bridgehead atoms. The Bertz CT molecular complexity index is 558. The maximum Gasteiger partial charge on any atom is 0.219 e. The smallest absolute Gasteiger partial charge is 0.219 e. The molecule has 21 heavy (non-hydrogen) atoms. The first-order valence-electron chi connectivity index (χ1n) is 7.39. The van der Waals surface area contributed by atoms with E-state index in [1.807, 2.05) is 49.4 Å². The van der Waals surface area contributed by atoms with Gasteiger partial charge in [-0.15, -0.1) is 0 Å². The molecule has 0 saturated carbocycles. The Morgan fingerprint density at radius 3 is 2.67 bits per heavy atom. The summed E-state index contributed by atoms with van der Waals surface area (Å²) in [4.78, 5) is 4.49. The van der Waals surface area contributed by atoms with Crippen molar-refractivity contribution >= 4 is 0 Å². The minimum absolute atomic E-state index is 0.597. The maximum absolute atomic E-state index is 5.79. The van der Waals surface area contributed by atoms with Crippen LogP contribution in [0, 0.1) is 0 Å². The van der Waals surface area contributed by atoms with E-state index in [0.29, 0.717) is 12.5 Å². The first kappa shape index (κ1) is 15.3. The van der Waals surface area contributed by atoms with E-state index in [4.69, 9.17) is 9.47 Å². The van der Waals surface area contributed by atoms with Gasteiger partial charge >= 0.3 is 0 Å². The van der Waals surface area contributed by atoms with Crippen molar-refractivity contribution in [1.82, 2.24) is 10.3 Å². The molecule has 1 aromatic carbocycles. The van der Waals surface area contributed by atoms with E-state index in [0.717, 1.165) is 36.7 Å². The van der Waals surface area contributed by atoms with Crippen LogP contribution >= 0.6 is 0 Å². The third-order valence-corrected chi connectivity index (χ3v) is 2.85. The van der Waals surface area contributed by atoms with Crippen LogP contribution in [0.5, 0.6) is 17.4 Å². The Hall–Kier alpha value is -2.07. The fraction of sp³-hybridized carbons (Fsp3) is 0.353. The van der Waals surface area contributed by atoms with Crippen LogP contribution in [0.15, 0.2) is 42.5 Å². The Labute approximate surface area is 126 Å². The van der Waals surface area contributed by atoms with E-state index in [1.54, 1.807) is 0 Å². The van der Waals surface area contributed by atoms with Crippen LogP contribution in [0.25, 0.3) is 0 Å². The van der Waals surface area contributed by atoms with Crippen molar-refractivity contribution in [2.75, 3.05) is 13.2 Å². The molecule has 2 rings (SSSR count). The number of nitrogens with zero attached hydrogens (tertiary/aromatic N) is 1. The number of pyridine rings is 1. The van der Waals surface area contributed by atoms with E-state index in [9.17, 15) is 0 Å².